The predicted molar refractivity (Wildman–Crippen MR) is 143 cm³/mol. The van der Waals surface area contributed by atoms with Gasteiger partial charge in [-0.15, -0.1) is 0 Å². The highest BCUT2D eigenvalue weighted by atomic mass is 16.2. The van der Waals surface area contributed by atoms with Crippen LogP contribution >= 0.6 is 0 Å². The molecule has 0 radical (unpaired) electrons. The fraction of sp³-hybridized carbons (Fsp3) is 0.607. The number of unbranched alkanes of at least 4 members (excludes halogenated alkanes) is 9. The zero-order chi connectivity index (χ0) is 27.3. The molecule has 3 N–H and O–H groups in total. The Kier molecular flexibility index (Phi) is 11.6. The number of carbonyl (C=O) groups is 5. The quantitative estimate of drug-likeness (QED) is 0.184. The van der Waals surface area contributed by atoms with Crippen LogP contribution in [0.4, 0.5) is 4.79 Å². The van der Waals surface area contributed by atoms with Crippen molar-refractivity contribution in [1.29, 1.82) is 0 Å². The lowest BCUT2D eigenvalue weighted by atomic mass is 10.0. The first-order valence-corrected chi connectivity index (χ1v) is 14.0. The van der Waals surface area contributed by atoms with Crippen LogP contribution in [0.3, 0.4) is 0 Å². The Morgan fingerprint density at radius 1 is 0.895 bits per heavy atom. The Bertz CT molecular complexity index is 970. The molecule has 0 aliphatic carbocycles. The molecule has 10 heteroatoms. The molecule has 0 bridgehead atoms. The number of rotatable bonds is 15. The van der Waals surface area contributed by atoms with Gasteiger partial charge in [0.05, 0.1) is 0 Å². The Balaban J connectivity index is 1.45. The number of β-lactam (4-membered cyclic amide) rings is 1. The van der Waals surface area contributed by atoms with Crippen molar-refractivity contribution < 1.29 is 24.0 Å². The smallest absolute Gasteiger partial charge is 0.325 e. The van der Waals surface area contributed by atoms with Crippen molar-refractivity contribution in [3.05, 3.63) is 35.9 Å². The molecule has 2 saturated heterocycles. The summed E-state index contributed by atoms with van der Waals surface area (Å²) in [6.45, 7) is 3.35. The molecule has 38 heavy (non-hydrogen) atoms. The minimum absolute atomic E-state index is 0.0579. The number of carbonyl (C=O) groups excluding carboxylic acids is 5. The van der Waals surface area contributed by atoms with Crippen molar-refractivity contribution in [3.8, 4) is 0 Å². The molecule has 2 aliphatic heterocycles. The highest BCUT2D eigenvalue weighted by Crippen LogP contribution is 2.16. The SMILES string of the molecule is CCCCCCCCCCCCN1CCN(C(=O)NC(C(=O)NC2CNC2=O)c2ccccc2)C(=O)C1=O. The van der Waals surface area contributed by atoms with Crippen LogP contribution in [0, 0.1) is 0 Å². The summed E-state index contributed by atoms with van der Waals surface area (Å²) < 4.78 is 0. The predicted octanol–water partition coefficient (Wildman–Crippen LogP) is 2.64. The van der Waals surface area contributed by atoms with Gasteiger partial charge in [-0.25, -0.2) is 4.79 Å². The molecule has 2 atom stereocenters. The molecule has 6 amide bonds. The van der Waals surface area contributed by atoms with Crippen molar-refractivity contribution in [2.45, 2.75) is 83.2 Å². The molecule has 10 nitrogen and oxygen atoms in total. The summed E-state index contributed by atoms with van der Waals surface area (Å²) in [6.07, 6.45) is 11.8. The van der Waals surface area contributed by atoms with Gasteiger partial charge in [0.25, 0.3) is 0 Å². The van der Waals surface area contributed by atoms with Gasteiger partial charge in [0.1, 0.15) is 12.1 Å². The molecule has 0 aromatic heterocycles. The fourth-order valence-corrected chi connectivity index (χ4v) is 4.68. The summed E-state index contributed by atoms with van der Waals surface area (Å²) in [4.78, 5) is 65.3. The highest BCUT2D eigenvalue weighted by Gasteiger charge is 2.38. The summed E-state index contributed by atoms with van der Waals surface area (Å²) in [5, 5.41) is 7.73. The Hall–Kier alpha value is -3.43. The van der Waals surface area contributed by atoms with E-state index in [2.05, 4.69) is 22.9 Å². The van der Waals surface area contributed by atoms with Crippen LogP contribution < -0.4 is 16.0 Å². The molecule has 2 unspecified atom stereocenters. The Morgan fingerprint density at radius 2 is 1.53 bits per heavy atom. The monoisotopic (exact) mass is 527 g/mol. The minimum atomic E-state index is -1.12. The number of imide groups is 1. The van der Waals surface area contributed by atoms with Crippen molar-refractivity contribution >= 4 is 29.7 Å². The van der Waals surface area contributed by atoms with Crippen molar-refractivity contribution in [3.63, 3.8) is 0 Å². The standard InChI is InChI=1S/C28H41N5O5/c1-2-3-4-5-6-7-8-9-10-14-17-32-18-19-33(27(37)26(32)36)28(38)31-23(21-15-12-11-13-16-21)25(35)30-22-20-29-24(22)34/h11-13,15-16,22-23H,2-10,14,17-20H2,1H3,(H,29,34)(H,30,35)(H,31,38). The maximum atomic E-state index is 13.0. The Labute approximate surface area is 224 Å². The van der Waals surface area contributed by atoms with Gasteiger partial charge in [-0.1, -0.05) is 95.0 Å². The van der Waals surface area contributed by atoms with E-state index in [4.69, 9.17) is 0 Å². The van der Waals surface area contributed by atoms with Gasteiger partial charge in [0, 0.05) is 26.2 Å². The molecule has 1 aromatic carbocycles. The molecular formula is C28H41N5O5. The van der Waals surface area contributed by atoms with E-state index in [-0.39, 0.29) is 19.0 Å². The minimum Gasteiger partial charge on any atom is -0.352 e. The zero-order valence-electron chi connectivity index (χ0n) is 22.4. The van der Waals surface area contributed by atoms with Gasteiger partial charge in [0.15, 0.2) is 0 Å². The van der Waals surface area contributed by atoms with E-state index in [1.54, 1.807) is 30.3 Å². The number of amides is 6. The molecule has 1 aromatic rings. The average molecular weight is 528 g/mol. The van der Waals surface area contributed by atoms with Gasteiger partial charge in [-0.2, -0.15) is 0 Å². The third-order valence-electron chi connectivity index (χ3n) is 7.11. The summed E-state index contributed by atoms with van der Waals surface area (Å²) in [7, 11) is 0. The van der Waals surface area contributed by atoms with E-state index in [0.717, 1.165) is 24.2 Å². The fourth-order valence-electron chi connectivity index (χ4n) is 4.68. The first kappa shape index (κ1) is 29.1. The molecule has 3 rings (SSSR count). The van der Waals surface area contributed by atoms with Crippen LogP contribution in [0.25, 0.3) is 0 Å². The van der Waals surface area contributed by atoms with E-state index >= 15 is 0 Å². The van der Waals surface area contributed by atoms with Gasteiger partial charge in [0.2, 0.25) is 11.8 Å². The largest absolute Gasteiger partial charge is 0.352 e. The van der Waals surface area contributed by atoms with Gasteiger partial charge in [-0.05, 0) is 12.0 Å². The third-order valence-corrected chi connectivity index (χ3v) is 7.11. The lowest BCUT2D eigenvalue weighted by Crippen LogP contribution is -2.63. The summed E-state index contributed by atoms with van der Waals surface area (Å²) in [6, 6.07) is 5.95. The number of hydrogen-bond donors (Lipinski definition) is 3. The van der Waals surface area contributed by atoms with Gasteiger partial charge < -0.3 is 20.9 Å². The van der Waals surface area contributed by atoms with Crippen molar-refractivity contribution in [1.82, 2.24) is 25.8 Å². The van der Waals surface area contributed by atoms with Crippen molar-refractivity contribution in [2.75, 3.05) is 26.2 Å². The molecule has 0 saturated carbocycles. The van der Waals surface area contributed by atoms with E-state index in [0.29, 0.717) is 18.7 Å². The number of nitrogens with one attached hydrogen (secondary N) is 3. The van der Waals surface area contributed by atoms with E-state index in [1.165, 1.54) is 49.8 Å². The molecule has 2 fully saturated rings. The van der Waals surface area contributed by atoms with Crippen LogP contribution in [-0.4, -0.2) is 71.7 Å². The first-order chi connectivity index (χ1) is 18.4. The topological polar surface area (TPSA) is 128 Å². The van der Waals surface area contributed by atoms with E-state index < -0.39 is 35.8 Å². The lowest BCUT2D eigenvalue weighted by molar-refractivity contribution is -0.153. The molecule has 0 spiro atoms. The molecule has 2 aliphatic rings. The van der Waals surface area contributed by atoms with Crippen LogP contribution in [0.1, 0.15) is 82.7 Å². The van der Waals surface area contributed by atoms with E-state index in [9.17, 15) is 24.0 Å². The molecule has 208 valence electrons. The highest BCUT2D eigenvalue weighted by molar-refractivity contribution is 6.38. The number of piperazine rings is 1. The van der Waals surface area contributed by atoms with Crippen LogP contribution in [0.2, 0.25) is 0 Å². The van der Waals surface area contributed by atoms with E-state index in [1.807, 2.05) is 0 Å². The second-order valence-corrected chi connectivity index (χ2v) is 10.0. The zero-order valence-corrected chi connectivity index (χ0v) is 22.4. The second-order valence-electron chi connectivity index (χ2n) is 10.0. The number of hydrogen-bond acceptors (Lipinski definition) is 5. The summed E-state index contributed by atoms with van der Waals surface area (Å²) in [5.74, 6) is -2.46. The van der Waals surface area contributed by atoms with Crippen LogP contribution in [0.15, 0.2) is 30.3 Å². The number of urea groups is 1. The van der Waals surface area contributed by atoms with Crippen molar-refractivity contribution in [2.24, 2.45) is 0 Å². The number of nitrogens with zero attached hydrogens (tertiary/aromatic N) is 2. The normalized spacial score (nSPS) is 18.0. The van der Waals surface area contributed by atoms with Gasteiger partial charge in [-0.3, -0.25) is 24.1 Å². The number of benzene rings is 1. The van der Waals surface area contributed by atoms with Crippen LogP contribution in [0.5, 0.6) is 0 Å². The third kappa shape index (κ3) is 8.29. The van der Waals surface area contributed by atoms with Gasteiger partial charge >= 0.3 is 17.8 Å². The second kappa shape index (κ2) is 15.1. The maximum absolute atomic E-state index is 13.0. The molecular weight excluding hydrogens is 486 g/mol. The maximum Gasteiger partial charge on any atom is 0.325 e. The Morgan fingerprint density at radius 3 is 2.11 bits per heavy atom. The molecule has 2 heterocycles. The lowest BCUT2D eigenvalue weighted by Gasteiger charge is -2.34. The van der Waals surface area contributed by atoms with Crippen LogP contribution in [-0.2, 0) is 19.2 Å². The summed E-state index contributed by atoms with van der Waals surface area (Å²) in [5.41, 5.74) is 0.497. The first-order valence-electron chi connectivity index (χ1n) is 14.0. The average Bonchev–Trinajstić information content (AvgIpc) is 2.93. The summed E-state index contributed by atoms with van der Waals surface area (Å²) >= 11 is 0.